The number of amides is 1. The van der Waals surface area contributed by atoms with E-state index < -0.39 is 0 Å². The number of thiophene rings is 1. The van der Waals surface area contributed by atoms with Crippen LogP contribution in [0.15, 0.2) is 12.1 Å². The van der Waals surface area contributed by atoms with Crippen LogP contribution >= 0.6 is 33.9 Å². The Bertz CT molecular complexity index is 298. The van der Waals surface area contributed by atoms with Gasteiger partial charge in [-0.1, -0.05) is 22.6 Å². The van der Waals surface area contributed by atoms with Crippen LogP contribution < -0.4 is 5.32 Å². The highest BCUT2D eigenvalue weighted by Crippen LogP contribution is 2.14. The van der Waals surface area contributed by atoms with E-state index in [0.717, 1.165) is 22.3 Å². The van der Waals surface area contributed by atoms with Gasteiger partial charge >= 0.3 is 0 Å². The van der Waals surface area contributed by atoms with Gasteiger partial charge in [-0.05, 0) is 36.3 Å². The van der Waals surface area contributed by atoms with Crippen LogP contribution in [0.4, 0.5) is 0 Å². The van der Waals surface area contributed by atoms with Gasteiger partial charge < -0.3 is 5.32 Å². The third-order valence-electron chi connectivity index (χ3n) is 1.81. The predicted octanol–water partition coefficient (Wildman–Crippen LogP) is 3.00. The maximum absolute atomic E-state index is 11.5. The Morgan fingerprint density at radius 2 is 2.29 bits per heavy atom. The maximum Gasteiger partial charge on any atom is 0.261 e. The summed E-state index contributed by atoms with van der Waals surface area (Å²) in [6, 6.07) is 3.86. The fraction of sp³-hybridized carbons (Fsp3) is 0.500. The molecule has 0 aliphatic heterocycles. The topological polar surface area (TPSA) is 29.1 Å². The summed E-state index contributed by atoms with van der Waals surface area (Å²) in [5.41, 5.74) is 0. The Kier molecular flexibility index (Phi) is 5.47. The Balaban J connectivity index is 2.29. The fourth-order valence-corrected chi connectivity index (χ4v) is 2.39. The third-order valence-corrected chi connectivity index (χ3v) is 3.57. The molecule has 0 aliphatic rings. The van der Waals surface area contributed by atoms with Crippen LogP contribution in [0.2, 0.25) is 0 Å². The summed E-state index contributed by atoms with van der Waals surface area (Å²) in [6.45, 7) is 2.80. The highest BCUT2D eigenvalue weighted by atomic mass is 127. The first kappa shape index (κ1) is 12.0. The molecule has 1 amide bonds. The molecule has 0 bridgehead atoms. The lowest BCUT2D eigenvalue weighted by Crippen LogP contribution is -2.23. The van der Waals surface area contributed by atoms with E-state index in [9.17, 15) is 4.79 Å². The van der Waals surface area contributed by atoms with Crippen molar-refractivity contribution in [1.29, 1.82) is 0 Å². The van der Waals surface area contributed by atoms with Gasteiger partial charge in [0, 0.05) is 11.4 Å². The first-order valence-electron chi connectivity index (χ1n) is 4.64. The van der Waals surface area contributed by atoms with Crippen molar-refractivity contribution in [2.45, 2.75) is 19.8 Å². The molecule has 0 spiro atoms. The minimum atomic E-state index is 0.0663. The number of hydrogen-bond donors (Lipinski definition) is 1. The summed E-state index contributed by atoms with van der Waals surface area (Å²) in [5, 5.41) is 2.92. The molecule has 0 unspecified atom stereocenters. The highest BCUT2D eigenvalue weighted by molar-refractivity contribution is 14.1. The molecule has 0 saturated heterocycles. The standard InChI is InChI=1S/C10H14INOS/c1-8-4-5-9(14-8)10(13)12-7-3-2-6-11/h4-5H,2-3,6-7H2,1H3,(H,12,13). The zero-order valence-electron chi connectivity index (χ0n) is 8.18. The van der Waals surface area contributed by atoms with Crippen molar-refractivity contribution in [2.75, 3.05) is 11.0 Å². The minimum Gasteiger partial charge on any atom is -0.351 e. The number of carbonyl (C=O) groups is 1. The summed E-state index contributed by atoms with van der Waals surface area (Å²) >= 11 is 3.89. The molecule has 1 heterocycles. The van der Waals surface area contributed by atoms with E-state index in [0.29, 0.717) is 0 Å². The fourth-order valence-electron chi connectivity index (χ4n) is 1.07. The SMILES string of the molecule is Cc1ccc(C(=O)NCCCCI)s1. The van der Waals surface area contributed by atoms with Gasteiger partial charge in [0.25, 0.3) is 5.91 Å². The Morgan fingerprint density at radius 1 is 1.50 bits per heavy atom. The monoisotopic (exact) mass is 323 g/mol. The normalized spacial score (nSPS) is 10.1. The third kappa shape index (κ3) is 3.96. The Labute approximate surface area is 102 Å². The van der Waals surface area contributed by atoms with Gasteiger partial charge in [0.05, 0.1) is 4.88 Å². The van der Waals surface area contributed by atoms with Crippen molar-refractivity contribution in [2.24, 2.45) is 0 Å². The van der Waals surface area contributed by atoms with Gasteiger partial charge in [-0.15, -0.1) is 11.3 Å². The zero-order chi connectivity index (χ0) is 10.4. The number of rotatable bonds is 5. The highest BCUT2D eigenvalue weighted by Gasteiger charge is 2.05. The molecular formula is C10H14INOS. The van der Waals surface area contributed by atoms with Crippen LogP contribution in [-0.4, -0.2) is 16.9 Å². The molecule has 4 heteroatoms. The van der Waals surface area contributed by atoms with Crippen LogP contribution in [0.25, 0.3) is 0 Å². The van der Waals surface area contributed by atoms with Crippen molar-refractivity contribution < 1.29 is 4.79 Å². The number of alkyl halides is 1. The molecule has 1 aromatic heterocycles. The summed E-state index contributed by atoms with van der Waals surface area (Å²) < 4.78 is 1.16. The van der Waals surface area contributed by atoms with Gasteiger partial charge in [-0.3, -0.25) is 4.79 Å². The summed E-state index contributed by atoms with van der Waals surface area (Å²) in [7, 11) is 0. The van der Waals surface area contributed by atoms with Crippen molar-refractivity contribution in [1.82, 2.24) is 5.32 Å². The lowest BCUT2D eigenvalue weighted by molar-refractivity contribution is 0.0957. The van der Waals surface area contributed by atoms with Crippen LogP contribution in [0.5, 0.6) is 0 Å². The smallest absolute Gasteiger partial charge is 0.261 e. The van der Waals surface area contributed by atoms with E-state index in [1.165, 1.54) is 11.3 Å². The molecule has 0 atom stereocenters. The first-order chi connectivity index (χ1) is 6.74. The predicted molar refractivity (Wildman–Crippen MR) is 69.5 cm³/mol. The van der Waals surface area contributed by atoms with E-state index in [2.05, 4.69) is 27.9 Å². The van der Waals surface area contributed by atoms with Crippen LogP contribution in [-0.2, 0) is 0 Å². The van der Waals surface area contributed by atoms with E-state index in [4.69, 9.17) is 0 Å². The molecule has 0 aliphatic carbocycles. The van der Waals surface area contributed by atoms with Crippen molar-refractivity contribution in [3.8, 4) is 0 Å². The molecule has 0 aromatic carbocycles. The second-order valence-corrected chi connectivity index (χ2v) is 5.43. The number of carbonyl (C=O) groups excluding carboxylic acids is 1. The number of nitrogens with one attached hydrogen (secondary N) is 1. The van der Waals surface area contributed by atoms with Gasteiger partial charge in [-0.2, -0.15) is 0 Å². The average Bonchev–Trinajstić information content (AvgIpc) is 2.59. The lowest BCUT2D eigenvalue weighted by atomic mass is 10.3. The molecule has 14 heavy (non-hydrogen) atoms. The number of aryl methyl sites for hydroxylation is 1. The van der Waals surface area contributed by atoms with Crippen LogP contribution in [0.1, 0.15) is 27.4 Å². The summed E-state index contributed by atoms with van der Waals surface area (Å²) in [5.74, 6) is 0.0663. The molecule has 1 rings (SSSR count). The summed E-state index contributed by atoms with van der Waals surface area (Å²) in [6.07, 6.45) is 2.24. The van der Waals surface area contributed by atoms with Crippen molar-refractivity contribution >= 4 is 39.8 Å². The van der Waals surface area contributed by atoms with Crippen molar-refractivity contribution in [3.63, 3.8) is 0 Å². The molecule has 0 fully saturated rings. The lowest BCUT2D eigenvalue weighted by Gasteiger charge is -2.01. The average molecular weight is 323 g/mol. The maximum atomic E-state index is 11.5. The van der Waals surface area contributed by atoms with Gasteiger partial charge in [0.1, 0.15) is 0 Å². The number of unbranched alkanes of at least 4 members (excludes halogenated alkanes) is 1. The zero-order valence-corrected chi connectivity index (χ0v) is 11.2. The quantitative estimate of drug-likeness (QED) is 0.504. The van der Waals surface area contributed by atoms with Crippen LogP contribution in [0, 0.1) is 6.92 Å². The first-order valence-corrected chi connectivity index (χ1v) is 6.99. The molecule has 0 radical (unpaired) electrons. The van der Waals surface area contributed by atoms with Crippen LogP contribution in [0.3, 0.4) is 0 Å². The van der Waals surface area contributed by atoms with E-state index >= 15 is 0 Å². The van der Waals surface area contributed by atoms with Gasteiger partial charge in [0.15, 0.2) is 0 Å². The molecule has 1 N–H and O–H groups in total. The number of halogens is 1. The van der Waals surface area contributed by atoms with Crippen molar-refractivity contribution in [3.05, 3.63) is 21.9 Å². The molecule has 1 aromatic rings. The van der Waals surface area contributed by atoms with E-state index in [1.807, 2.05) is 19.1 Å². The van der Waals surface area contributed by atoms with E-state index in [-0.39, 0.29) is 5.91 Å². The van der Waals surface area contributed by atoms with Gasteiger partial charge in [0.2, 0.25) is 0 Å². The Hall–Kier alpha value is -0.100. The second kappa shape index (κ2) is 6.40. The second-order valence-electron chi connectivity index (χ2n) is 3.06. The summed E-state index contributed by atoms with van der Waals surface area (Å²) in [4.78, 5) is 13.5. The molecule has 2 nitrogen and oxygen atoms in total. The number of hydrogen-bond acceptors (Lipinski definition) is 2. The largest absolute Gasteiger partial charge is 0.351 e. The Morgan fingerprint density at radius 3 is 2.86 bits per heavy atom. The minimum absolute atomic E-state index is 0.0663. The molecular weight excluding hydrogens is 309 g/mol. The van der Waals surface area contributed by atoms with Gasteiger partial charge in [-0.25, -0.2) is 0 Å². The molecule has 78 valence electrons. The molecule has 0 saturated carbocycles. The van der Waals surface area contributed by atoms with E-state index in [1.54, 1.807) is 11.3 Å².